The van der Waals surface area contributed by atoms with Gasteiger partial charge in [0.15, 0.2) is 12.7 Å². The first-order valence-corrected chi connectivity index (χ1v) is 12.1. The zero-order valence-corrected chi connectivity index (χ0v) is 20.8. The van der Waals surface area contributed by atoms with E-state index in [4.69, 9.17) is 9.47 Å². The van der Waals surface area contributed by atoms with Gasteiger partial charge in [0.1, 0.15) is 11.5 Å². The molecule has 3 atom stereocenters. The molecule has 35 heavy (non-hydrogen) atoms. The smallest absolute Gasteiger partial charge is 0.265 e. The molecule has 1 fully saturated rings. The topological polar surface area (TPSA) is 79.4 Å². The Bertz CT molecular complexity index is 1070. The lowest BCUT2D eigenvalue weighted by Crippen LogP contribution is -2.50. The highest BCUT2D eigenvalue weighted by Crippen LogP contribution is 2.34. The van der Waals surface area contributed by atoms with E-state index in [2.05, 4.69) is 13.8 Å². The minimum absolute atomic E-state index is 0.0219. The number of benzene rings is 2. The zero-order chi connectivity index (χ0) is 25.1. The van der Waals surface area contributed by atoms with Crippen LogP contribution in [0.3, 0.4) is 0 Å². The van der Waals surface area contributed by atoms with Crippen LogP contribution in [-0.2, 0) is 9.59 Å². The van der Waals surface area contributed by atoms with Gasteiger partial charge in [0.25, 0.3) is 17.7 Å². The van der Waals surface area contributed by atoms with Crippen molar-refractivity contribution in [3.05, 3.63) is 54.1 Å². The van der Waals surface area contributed by atoms with Gasteiger partial charge in [-0.25, -0.2) is 0 Å². The van der Waals surface area contributed by atoms with E-state index in [0.717, 1.165) is 19.3 Å². The number of piperidine rings is 1. The predicted molar refractivity (Wildman–Crippen MR) is 133 cm³/mol. The minimum atomic E-state index is -0.781. The second-order valence-electron chi connectivity index (χ2n) is 9.47. The largest absolute Gasteiger partial charge is 0.484 e. The minimum Gasteiger partial charge on any atom is -0.484 e. The Balaban J connectivity index is 1.44. The predicted octanol–water partition coefficient (Wildman–Crippen LogP) is 3.35. The van der Waals surface area contributed by atoms with Crippen molar-refractivity contribution < 1.29 is 23.9 Å². The van der Waals surface area contributed by atoms with Crippen LogP contribution < -0.4 is 14.4 Å². The Morgan fingerprint density at radius 1 is 1.00 bits per heavy atom. The van der Waals surface area contributed by atoms with E-state index in [9.17, 15) is 14.4 Å². The fraction of sp³-hybridized carbons (Fsp3) is 0.444. The number of hydrogen-bond acceptors (Lipinski definition) is 5. The molecule has 4 rings (SSSR count). The van der Waals surface area contributed by atoms with Gasteiger partial charge in [0.05, 0.1) is 12.2 Å². The second kappa shape index (κ2) is 10.4. The fourth-order valence-electron chi connectivity index (χ4n) is 4.83. The van der Waals surface area contributed by atoms with Crippen LogP contribution in [0.5, 0.6) is 11.5 Å². The number of ether oxygens (including phenoxy) is 2. The molecular formula is C27H33N3O5. The molecule has 8 nitrogen and oxygen atoms in total. The maximum absolute atomic E-state index is 13.4. The van der Waals surface area contributed by atoms with Crippen molar-refractivity contribution in [3.8, 4) is 11.5 Å². The number of carbonyl (C=O) groups is 3. The molecule has 8 heteroatoms. The van der Waals surface area contributed by atoms with Gasteiger partial charge in [-0.05, 0) is 69.5 Å². The third kappa shape index (κ3) is 5.26. The third-order valence-electron chi connectivity index (χ3n) is 6.68. The first kappa shape index (κ1) is 24.6. The second-order valence-corrected chi connectivity index (χ2v) is 9.47. The first-order valence-electron chi connectivity index (χ1n) is 12.1. The molecule has 3 unspecified atom stereocenters. The van der Waals surface area contributed by atoms with E-state index >= 15 is 0 Å². The Labute approximate surface area is 206 Å². The number of nitrogens with zero attached hydrogens (tertiary/aromatic N) is 3. The van der Waals surface area contributed by atoms with Crippen LogP contribution in [-0.4, -0.2) is 73.0 Å². The fourth-order valence-corrected chi connectivity index (χ4v) is 4.83. The van der Waals surface area contributed by atoms with Gasteiger partial charge in [-0.3, -0.25) is 14.4 Å². The summed E-state index contributed by atoms with van der Waals surface area (Å²) < 4.78 is 11.6. The molecule has 2 aliphatic rings. The van der Waals surface area contributed by atoms with Crippen molar-refractivity contribution in [3.63, 3.8) is 0 Å². The maximum Gasteiger partial charge on any atom is 0.265 e. The summed E-state index contributed by atoms with van der Waals surface area (Å²) in [7, 11) is 3.32. The van der Waals surface area contributed by atoms with Crippen LogP contribution in [0.4, 0.5) is 5.69 Å². The molecule has 0 spiro atoms. The normalized spacial score (nSPS) is 21.5. The Hall–Kier alpha value is -3.55. The number of likely N-dealkylation sites (N-methyl/N-ethyl adjacent to an activating group) is 1. The molecule has 2 aromatic carbocycles. The number of hydrogen-bond donors (Lipinski definition) is 0. The molecule has 2 aromatic rings. The molecule has 0 aromatic heterocycles. The van der Waals surface area contributed by atoms with E-state index in [-0.39, 0.29) is 43.0 Å². The molecule has 0 radical (unpaired) electrons. The monoisotopic (exact) mass is 479 g/mol. The number of anilines is 1. The lowest BCUT2D eigenvalue weighted by Gasteiger charge is -2.39. The highest BCUT2D eigenvalue weighted by atomic mass is 16.5. The number of fused-ring (bicyclic) bond motifs is 1. The summed E-state index contributed by atoms with van der Waals surface area (Å²) in [6, 6.07) is 14.4. The molecule has 1 saturated heterocycles. The average molecular weight is 480 g/mol. The first-order chi connectivity index (χ1) is 16.8. The Kier molecular flexibility index (Phi) is 7.28. The number of carbonyl (C=O) groups excluding carboxylic acids is 3. The molecule has 2 aliphatic heterocycles. The average Bonchev–Trinajstić information content (AvgIpc) is 2.86. The lowest BCUT2D eigenvalue weighted by atomic mass is 9.97. The van der Waals surface area contributed by atoms with Gasteiger partial charge in [-0.1, -0.05) is 12.1 Å². The van der Waals surface area contributed by atoms with Crippen LogP contribution >= 0.6 is 0 Å². The van der Waals surface area contributed by atoms with Gasteiger partial charge in [-0.2, -0.15) is 0 Å². The highest BCUT2D eigenvalue weighted by Gasteiger charge is 2.35. The Morgan fingerprint density at radius 2 is 1.66 bits per heavy atom. The zero-order valence-electron chi connectivity index (χ0n) is 20.8. The van der Waals surface area contributed by atoms with E-state index in [1.54, 1.807) is 55.4 Å². The van der Waals surface area contributed by atoms with Crippen LogP contribution in [0.1, 0.15) is 43.5 Å². The summed E-state index contributed by atoms with van der Waals surface area (Å²) in [6.45, 7) is 4.24. The van der Waals surface area contributed by atoms with Gasteiger partial charge in [0.2, 0.25) is 0 Å². The molecule has 0 bridgehead atoms. The summed E-state index contributed by atoms with van der Waals surface area (Å²) in [5, 5.41) is 0. The summed E-state index contributed by atoms with van der Waals surface area (Å²) in [5.74, 6) is 0.549. The van der Waals surface area contributed by atoms with Crippen molar-refractivity contribution in [2.75, 3.05) is 32.1 Å². The van der Waals surface area contributed by atoms with Crippen LogP contribution in [0.25, 0.3) is 0 Å². The quantitative estimate of drug-likeness (QED) is 0.657. The van der Waals surface area contributed by atoms with E-state index in [1.165, 1.54) is 4.90 Å². The SMILES string of the molecule is CC1CCCC(C)N1C(=O)COc1ccc(C(=O)N2CC(C(=O)N(C)C)Oc3ccccc32)cc1. The van der Waals surface area contributed by atoms with E-state index in [0.29, 0.717) is 22.7 Å². The molecule has 0 saturated carbocycles. The van der Waals surface area contributed by atoms with Crippen molar-refractivity contribution in [2.24, 2.45) is 0 Å². The van der Waals surface area contributed by atoms with Crippen molar-refractivity contribution in [1.82, 2.24) is 9.80 Å². The summed E-state index contributed by atoms with van der Waals surface area (Å²) in [4.78, 5) is 43.6. The highest BCUT2D eigenvalue weighted by molar-refractivity contribution is 6.08. The van der Waals surface area contributed by atoms with Crippen LogP contribution in [0.15, 0.2) is 48.5 Å². The van der Waals surface area contributed by atoms with Gasteiger partial charge >= 0.3 is 0 Å². The van der Waals surface area contributed by atoms with E-state index in [1.807, 2.05) is 17.0 Å². The summed E-state index contributed by atoms with van der Waals surface area (Å²) in [5.41, 5.74) is 1.07. The number of amides is 3. The molecular weight excluding hydrogens is 446 g/mol. The number of rotatable bonds is 5. The van der Waals surface area contributed by atoms with Gasteiger partial charge in [-0.15, -0.1) is 0 Å². The van der Waals surface area contributed by atoms with Gasteiger partial charge < -0.3 is 24.2 Å². The molecule has 0 N–H and O–H groups in total. The lowest BCUT2D eigenvalue weighted by molar-refractivity contribution is -0.139. The van der Waals surface area contributed by atoms with Crippen LogP contribution in [0, 0.1) is 0 Å². The van der Waals surface area contributed by atoms with Crippen molar-refractivity contribution in [2.45, 2.75) is 51.3 Å². The molecule has 2 heterocycles. The van der Waals surface area contributed by atoms with Crippen LogP contribution in [0.2, 0.25) is 0 Å². The third-order valence-corrected chi connectivity index (χ3v) is 6.68. The number of para-hydroxylation sites is 2. The summed E-state index contributed by atoms with van der Waals surface area (Å²) >= 11 is 0. The van der Waals surface area contributed by atoms with Gasteiger partial charge in [0, 0.05) is 31.7 Å². The standard InChI is InChI=1S/C27H33N3O5/c1-18-8-7-9-19(2)30(18)25(31)17-34-21-14-12-20(13-15-21)26(32)29-16-24(27(33)28(3)4)35-23-11-6-5-10-22(23)29/h5-6,10-15,18-19,24H,7-9,16-17H2,1-4H3. The molecule has 3 amide bonds. The van der Waals surface area contributed by atoms with E-state index < -0.39 is 6.10 Å². The van der Waals surface area contributed by atoms with Crippen molar-refractivity contribution >= 4 is 23.4 Å². The number of likely N-dealkylation sites (tertiary alicyclic amines) is 1. The van der Waals surface area contributed by atoms with Crippen molar-refractivity contribution in [1.29, 1.82) is 0 Å². The maximum atomic E-state index is 13.4. The summed E-state index contributed by atoms with van der Waals surface area (Å²) in [6.07, 6.45) is 2.38. The molecule has 186 valence electrons. The molecule has 0 aliphatic carbocycles. The Morgan fingerprint density at radius 3 is 2.31 bits per heavy atom.